The van der Waals surface area contributed by atoms with E-state index >= 15 is 0 Å². The Bertz CT molecular complexity index is 690. The zero-order valence-electron chi connectivity index (χ0n) is 11.4. The van der Waals surface area contributed by atoms with Gasteiger partial charge < -0.3 is 9.84 Å². The first-order chi connectivity index (χ1) is 9.44. The lowest BCUT2D eigenvalue weighted by molar-refractivity contribution is 0.372. The SMILES string of the molecule is CNCc1scc(C)c1S(=O)(=O)NCc1nc(C)no1. The molecule has 0 radical (unpaired) electrons. The van der Waals surface area contributed by atoms with Crippen molar-refractivity contribution in [1.29, 1.82) is 0 Å². The average Bonchev–Trinajstić information content (AvgIpc) is 2.95. The normalized spacial score (nSPS) is 11.9. The Balaban J connectivity index is 2.20. The van der Waals surface area contributed by atoms with E-state index in [4.69, 9.17) is 4.52 Å². The minimum absolute atomic E-state index is 0.0164. The van der Waals surface area contributed by atoms with Gasteiger partial charge in [-0.1, -0.05) is 5.16 Å². The molecule has 110 valence electrons. The molecule has 0 aliphatic carbocycles. The Morgan fingerprint density at radius 1 is 1.35 bits per heavy atom. The summed E-state index contributed by atoms with van der Waals surface area (Å²) in [4.78, 5) is 5.07. The van der Waals surface area contributed by atoms with Crippen LogP contribution >= 0.6 is 11.3 Å². The predicted octanol–water partition coefficient (Wildman–Crippen LogP) is 0.946. The number of rotatable bonds is 6. The summed E-state index contributed by atoms with van der Waals surface area (Å²) in [5.41, 5.74) is 0.731. The van der Waals surface area contributed by atoms with Crippen molar-refractivity contribution in [3.05, 3.63) is 27.5 Å². The van der Waals surface area contributed by atoms with Gasteiger partial charge in [0.05, 0.1) is 6.54 Å². The molecular weight excluding hydrogens is 300 g/mol. The molecule has 0 aliphatic heterocycles. The topological polar surface area (TPSA) is 97.1 Å². The molecule has 2 aromatic rings. The van der Waals surface area contributed by atoms with Crippen molar-refractivity contribution >= 4 is 21.4 Å². The van der Waals surface area contributed by atoms with Gasteiger partial charge in [0, 0.05) is 11.4 Å². The number of hydrogen-bond acceptors (Lipinski definition) is 7. The molecule has 0 aliphatic rings. The number of hydrogen-bond donors (Lipinski definition) is 2. The third-order valence-corrected chi connectivity index (χ3v) is 5.44. The summed E-state index contributed by atoms with van der Waals surface area (Å²) in [5, 5.41) is 8.41. The maximum atomic E-state index is 12.4. The van der Waals surface area contributed by atoms with Gasteiger partial charge in [0.1, 0.15) is 4.90 Å². The second-order valence-corrected chi connectivity index (χ2v) is 6.93. The highest BCUT2D eigenvalue weighted by Crippen LogP contribution is 2.26. The van der Waals surface area contributed by atoms with Gasteiger partial charge in [0.25, 0.3) is 0 Å². The summed E-state index contributed by atoms with van der Waals surface area (Å²) >= 11 is 1.42. The lowest BCUT2D eigenvalue weighted by atomic mass is 10.3. The van der Waals surface area contributed by atoms with Gasteiger partial charge >= 0.3 is 0 Å². The molecule has 0 fully saturated rings. The van der Waals surface area contributed by atoms with Gasteiger partial charge in [-0.2, -0.15) is 4.98 Å². The first kappa shape index (κ1) is 15.1. The highest BCUT2D eigenvalue weighted by Gasteiger charge is 2.23. The van der Waals surface area contributed by atoms with Crippen LogP contribution in [0.2, 0.25) is 0 Å². The zero-order chi connectivity index (χ0) is 14.8. The molecule has 0 saturated heterocycles. The fourth-order valence-corrected chi connectivity index (χ4v) is 4.56. The summed E-state index contributed by atoms with van der Waals surface area (Å²) in [6.07, 6.45) is 0. The molecule has 0 spiro atoms. The summed E-state index contributed by atoms with van der Waals surface area (Å²) in [6, 6.07) is 0. The summed E-state index contributed by atoms with van der Waals surface area (Å²) < 4.78 is 32.1. The number of nitrogens with zero attached hydrogens (tertiary/aromatic N) is 2. The van der Waals surface area contributed by atoms with Crippen molar-refractivity contribution in [2.24, 2.45) is 0 Å². The Morgan fingerprint density at radius 2 is 2.10 bits per heavy atom. The molecule has 9 heteroatoms. The molecule has 2 N–H and O–H groups in total. The zero-order valence-corrected chi connectivity index (χ0v) is 13.1. The maximum Gasteiger partial charge on any atom is 0.242 e. The number of aromatic nitrogens is 2. The summed E-state index contributed by atoms with van der Waals surface area (Å²) in [5.74, 6) is 0.718. The van der Waals surface area contributed by atoms with Crippen molar-refractivity contribution in [1.82, 2.24) is 20.2 Å². The summed E-state index contributed by atoms with van der Waals surface area (Å²) in [7, 11) is -1.82. The van der Waals surface area contributed by atoms with E-state index in [1.165, 1.54) is 11.3 Å². The molecule has 2 aromatic heterocycles. The predicted molar refractivity (Wildman–Crippen MR) is 74.9 cm³/mol. The molecule has 0 aromatic carbocycles. The van der Waals surface area contributed by atoms with Crippen LogP contribution in [0.15, 0.2) is 14.8 Å². The van der Waals surface area contributed by atoms with Gasteiger partial charge in [0.15, 0.2) is 5.82 Å². The van der Waals surface area contributed by atoms with Crippen molar-refractivity contribution in [2.75, 3.05) is 7.05 Å². The van der Waals surface area contributed by atoms with Crippen LogP contribution in [0.1, 0.15) is 22.2 Å². The fourth-order valence-electron chi connectivity index (χ4n) is 1.77. The largest absolute Gasteiger partial charge is 0.338 e. The lowest BCUT2D eigenvalue weighted by Crippen LogP contribution is -2.25. The van der Waals surface area contributed by atoms with Crippen LogP contribution in [0.5, 0.6) is 0 Å². The Hall–Kier alpha value is -1.29. The molecule has 0 amide bonds. The quantitative estimate of drug-likeness (QED) is 0.823. The van der Waals surface area contributed by atoms with Crippen molar-refractivity contribution < 1.29 is 12.9 Å². The smallest absolute Gasteiger partial charge is 0.242 e. The van der Waals surface area contributed by atoms with E-state index < -0.39 is 10.0 Å². The molecule has 7 nitrogen and oxygen atoms in total. The second-order valence-electron chi connectivity index (χ2n) is 4.26. The number of aryl methyl sites for hydroxylation is 2. The molecule has 0 atom stereocenters. The fraction of sp³-hybridized carbons (Fsp3) is 0.455. The molecule has 20 heavy (non-hydrogen) atoms. The minimum Gasteiger partial charge on any atom is -0.338 e. The summed E-state index contributed by atoms with van der Waals surface area (Å²) in [6.45, 7) is 3.95. The highest BCUT2D eigenvalue weighted by atomic mass is 32.2. The van der Waals surface area contributed by atoms with E-state index in [2.05, 4.69) is 20.2 Å². The Labute approximate surface area is 121 Å². The first-order valence-corrected chi connectivity index (χ1v) is 8.30. The lowest BCUT2D eigenvalue weighted by Gasteiger charge is -2.07. The number of thiophene rings is 1. The Kier molecular flexibility index (Phi) is 4.53. The van der Waals surface area contributed by atoms with Crippen LogP contribution in [0, 0.1) is 13.8 Å². The third kappa shape index (κ3) is 3.23. The molecule has 0 bridgehead atoms. The highest BCUT2D eigenvalue weighted by molar-refractivity contribution is 7.89. The van der Waals surface area contributed by atoms with Crippen LogP contribution in [-0.4, -0.2) is 25.6 Å². The van der Waals surface area contributed by atoms with Crippen molar-refractivity contribution in [3.8, 4) is 0 Å². The minimum atomic E-state index is -3.60. The van der Waals surface area contributed by atoms with Crippen LogP contribution in [0.25, 0.3) is 0 Å². The molecule has 2 rings (SSSR count). The van der Waals surface area contributed by atoms with E-state index in [0.717, 1.165) is 10.4 Å². The van der Waals surface area contributed by atoms with Crippen molar-refractivity contribution in [2.45, 2.75) is 31.8 Å². The van der Waals surface area contributed by atoms with Gasteiger partial charge in [-0.3, -0.25) is 0 Å². The second kappa shape index (κ2) is 6.00. The average molecular weight is 316 g/mol. The van der Waals surface area contributed by atoms with Gasteiger partial charge in [-0.15, -0.1) is 11.3 Å². The maximum absolute atomic E-state index is 12.4. The molecule has 0 saturated carbocycles. The van der Waals surface area contributed by atoms with E-state index in [0.29, 0.717) is 17.3 Å². The van der Waals surface area contributed by atoms with Gasteiger partial charge in [0.2, 0.25) is 15.9 Å². The molecule has 2 heterocycles. The first-order valence-electron chi connectivity index (χ1n) is 5.94. The van der Waals surface area contributed by atoms with Crippen LogP contribution in [0.3, 0.4) is 0 Å². The number of nitrogens with one attached hydrogen (secondary N) is 2. The monoisotopic (exact) mass is 316 g/mol. The standard InChI is InChI=1S/C11H16N4O3S2/c1-7-6-19-9(4-12-3)11(7)20(16,17)13-5-10-14-8(2)15-18-10/h6,12-13H,4-5H2,1-3H3. The van der Waals surface area contributed by atoms with Crippen LogP contribution in [0.4, 0.5) is 0 Å². The van der Waals surface area contributed by atoms with Crippen LogP contribution < -0.4 is 10.0 Å². The van der Waals surface area contributed by atoms with Crippen LogP contribution in [-0.2, 0) is 23.1 Å². The van der Waals surface area contributed by atoms with E-state index in [-0.39, 0.29) is 12.4 Å². The Morgan fingerprint density at radius 3 is 2.70 bits per heavy atom. The van der Waals surface area contributed by atoms with Crippen molar-refractivity contribution in [3.63, 3.8) is 0 Å². The van der Waals surface area contributed by atoms with E-state index in [1.54, 1.807) is 20.9 Å². The third-order valence-electron chi connectivity index (χ3n) is 2.58. The van der Waals surface area contributed by atoms with Gasteiger partial charge in [-0.05, 0) is 31.8 Å². The molecule has 0 unspecified atom stereocenters. The van der Waals surface area contributed by atoms with Gasteiger partial charge in [-0.25, -0.2) is 13.1 Å². The van der Waals surface area contributed by atoms with E-state index in [1.807, 2.05) is 5.38 Å². The van der Waals surface area contributed by atoms with E-state index in [9.17, 15) is 8.42 Å². The number of sulfonamides is 1. The molecular formula is C11H16N4O3S2.